The van der Waals surface area contributed by atoms with Crippen molar-refractivity contribution >= 4 is 28.2 Å². The van der Waals surface area contributed by atoms with Gasteiger partial charge in [0.15, 0.2) is 0 Å². The van der Waals surface area contributed by atoms with E-state index < -0.39 is 0 Å². The minimum atomic E-state index is -0.384. The van der Waals surface area contributed by atoms with Crippen LogP contribution >= 0.6 is 11.3 Å². The quantitative estimate of drug-likeness (QED) is 0.689. The van der Waals surface area contributed by atoms with Crippen LogP contribution in [-0.2, 0) is 17.6 Å². The number of amides is 1. The molecule has 0 saturated carbocycles. The van der Waals surface area contributed by atoms with Crippen LogP contribution in [0.2, 0.25) is 0 Å². The van der Waals surface area contributed by atoms with Crippen LogP contribution in [0.25, 0.3) is 0 Å². The zero-order valence-electron chi connectivity index (χ0n) is 17.5. The van der Waals surface area contributed by atoms with Gasteiger partial charge in [0, 0.05) is 16.5 Å². The van der Waals surface area contributed by atoms with E-state index in [0.29, 0.717) is 33.5 Å². The Hall–Kier alpha value is -2.54. The van der Waals surface area contributed by atoms with E-state index in [1.165, 1.54) is 25.6 Å². The summed E-state index contributed by atoms with van der Waals surface area (Å²) in [5, 5.41) is 3.47. The molecule has 0 saturated heterocycles. The third kappa shape index (κ3) is 4.72. The second kappa shape index (κ2) is 8.86. The molecule has 3 rings (SSSR count). The molecule has 1 aliphatic carbocycles. The number of anilines is 1. The largest absolute Gasteiger partial charge is 0.497 e. The molecule has 6 nitrogen and oxygen atoms in total. The van der Waals surface area contributed by atoms with Gasteiger partial charge in [-0.05, 0) is 56.7 Å². The number of ether oxygens (including phenoxy) is 3. The van der Waals surface area contributed by atoms with Crippen molar-refractivity contribution in [2.45, 2.75) is 46.1 Å². The van der Waals surface area contributed by atoms with E-state index in [4.69, 9.17) is 14.2 Å². The van der Waals surface area contributed by atoms with Gasteiger partial charge in [-0.25, -0.2) is 4.79 Å². The molecule has 1 aromatic carbocycles. The first-order valence-corrected chi connectivity index (χ1v) is 10.5. The van der Waals surface area contributed by atoms with E-state index in [0.717, 1.165) is 29.7 Å². The number of benzene rings is 1. The molecule has 1 aromatic heterocycles. The van der Waals surface area contributed by atoms with E-state index in [-0.39, 0.29) is 18.0 Å². The number of hydrogen-bond acceptors (Lipinski definition) is 6. The van der Waals surface area contributed by atoms with E-state index in [9.17, 15) is 9.59 Å². The molecule has 1 heterocycles. The molecule has 1 amide bonds. The number of nitrogens with one attached hydrogen (secondary N) is 1. The zero-order chi connectivity index (χ0) is 21.1. The van der Waals surface area contributed by atoms with Crippen LogP contribution in [0.15, 0.2) is 18.2 Å². The topological polar surface area (TPSA) is 73.9 Å². The highest BCUT2D eigenvalue weighted by atomic mass is 32.1. The van der Waals surface area contributed by atoms with Crippen molar-refractivity contribution in [3.05, 3.63) is 39.8 Å². The van der Waals surface area contributed by atoms with Crippen LogP contribution in [0.1, 0.15) is 58.3 Å². The highest BCUT2D eigenvalue weighted by Crippen LogP contribution is 2.40. The third-order valence-corrected chi connectivity index (χ3v) is 6.07. The molecular weight excluding hydrogens is 390 g/mol. The molecule has 1 atom stereocenters. The minimum absolute atomic E-state index is 0.230. The second-order valence-corrected chi connectivity index (χ2v) is 8.67. The number of hydrogen-bond donors (Lipinski definition) is 1. The Morgan fingerprint density at radius 1 is 1.14 bits per heavy atom. The molecule has 0 radical (unpaired) electrons. The Bertz CT molecular complexity index is 896. The summed E-state index contributed by atoms with van der Waals surface area (Å²) < 4.78 is 16.0. The number of rotatable bonds is 6. The third-order valence-electron chi connectivity index (χ3n) is 4.90. The molecule has 7 heteroatoms. The molecule has 0 fully saturated rings. The van der Waals surface area contributed by atoms with Crippen molar-refractivity contribution in [1.29, 1.82) is 0 Å². The first-order valence-electron chi connectivity index (χ1n) is 9.72. The maximum atomic E-state index is 13.0. The van der Waals surface area contributed by atoms with Crippen molar-refractivity contribution in [3.8, 4) is 11.5 Å². The summed E-state index contributed by atoms with van der Waals surface area (Å²) in [5.41, 5.74) is 1.90. The van der Waals surface area contributed by atoms with E-state index in [2.05, 4.69) is 12.2 Å². The van der Waals surface area contributed by atoms with Gasteiger partial charge < -0.3 is 19.5 Å². The molecule has 1 aliphatic rings. The molecule has 156 valence electrons. The van der Waals surface area contributed by atoms with Gasteiger partial charge in [0.25, 0.3) is 5.91 Å². The van der Waals surface area contributed by atoms with Crippen molar-refractivity contribution in [3.63, 3.8) is 0 Å². The van der Waals surface area contributed by atoms with Gasteiger partial charge in [-0.1, -0.05) is 6.92 Å². The Morgan fingerprint density at radius 2 is 1.79 bits per heavy atom. The number of esters is 1. The number of thiophene rings is 1. The zero-order valence-corrected chi connectivity index (χ0v) is 18.3. The maximum Gasteiger partial charge on any atom is 0.341 e. The van der Waals surface area contributed by atoms with Crippen LogP contribution < -0.4 is 14.8 Å². The summed E-state index contributed by atoms with van der Waals surface area (Å²) in [5.74, 6) is 0.890. The Balaban J connectivity index is 1.96. The van der Waals surface area contributed by atoms with E-state index >= 15 is 0 Å². The second-order valence-electron chi connectivity index (χ2n) is 7.57. The highest BCUT2D eigenvalue weighted by molar-refractivity contribution is 7.17. The predicted molar refractivity (Wildman–Crippen MR) is 114 cm³/mol. The van der Waals surface area contributed by atoms with E-state index in [1.807, 2.05) is 13.8 Å². The standard InChI is InChI=1S/C22H27NO5S/c1-12(2)28-22(25)19-17-7-6-13(3)8-18(17)29-21(19)23-20(24)14-9-15(26-4)11-16(10-14)27-5/h9-13H,6-8H2,1-5H3,(H,23,24). The monoisotopic (exact) mass is 417 g/mol. The fourth-order valence-corrected chi connectivity index (χ4v) is 4.84. The summed E-state index contributed by atoms with van der Waals surface area (Å²) in [4.78, 5) is 26.9. The molecular formula is C22H27NO5S. The number of carbonyl (C=O) groups excluding carboxylic acids is 2. The maximum absolute atomic E-state index is 13.0. The van der Waals surface area contributed by atoms with Gasteiger partial charge in [0.2, 0.25) is 0 Å². The van der Waals surface area contributed by atoms with Crippen molar-refractivity contribution < 1.29 is 23.8 Å². The van der Waals surface area contributed by atoms with Gasteiger partial charge >= 0.3 is 5.97 Å². The molecule has 0 spiro atoms. The van der Waals surface area contributed by atoms with Gasteiger partial charge in [0.1, 0.15) is 16.5 Å². The number of fused-ring (bicyclic) bond motifs is 1. The normalized spacial score (nSPS) is 15.6. The van der Waals surface area contributed by atoms with Crippen molar-refractivity contribution in [2.75, 3.05) is 19.5 Å². The SMILES string of the molecule is COc1cc(OC)cc(C(=O)Nc2sc3c(c2C(=O)OC(C)C)CCC(C)C3)c1. The van der Waals surface area contributed by atoms with Crippen molar-refractivity contribution in [1.82, 2.24) is 0 Å². The van der Waals surface area contributed by atoms with Crippen LogP contribution in [0.4, 0.5) is 5.00 Å². The molecule has 2 aromatic rings. The average Bonchev–Trinajstić information content (AvgIpc) is 3.03. The van der Waals surface area contributed by atoms with Crippen LogP contribution in [0.3, 0.4) is 0 Å². The van der Waals surface area contributed by atoms with E-state index in [1.54, 1.807) is 18.2 Å². The van der Waals surface area contributed by atoms with Crippen LogP contribution in [0, 0.1) is 5.92 Å². The molecule has 29 heavy (non-hydrogen) atoms. The fourth-order valence-electron chi connectivity index (χ4n) is 3.44. The van der Waals surface area contributed by atoms with Gasteiger partial charge in [-0.15, -0.1) is 11.3 Å². The number of methoxy groups -OCH3 is 2. The summed E-state index contributed by atoms with van der Waals surface area (Å²) in [6.45, 7) is 5.84. The molecule has 0 bridgehead atoms. The predicted octanol–water partition coefficient (Wildman–Crippen LogP) is 4.71. The smallest absolute Gasteiger partial charge is 0.341 e. The lowest BCUT2D eigenvalue weighted by atomic mass is 9.88. The summed E-state index contributed by atoms with van der Waals surface area (Å²) in [6.07, 6.45) is 2.52. The van der Waals surface area contributed by atoms with Gasteiger partial charge in [0.05, 0.1) is 25.9 Å². The number of carbonyl (C=O) groups is 2. The Kier molecular flexibility index (Phi) is 6.47. The summed E-state index contributed by atoms with van der Waals surface area (Å²) in [6, 6.07) is 4.98. The fraction of sp³-hybridized carbons (Fsp3) is 0.455. The van der Waals surface area contributed by atoms with Crippen LogP contribution in [0.5, 0.6) is 11.5 Å². The minimum Gasteiger partial charge on any atom is -0.497 e. The lowest BCUT2D eigenvalue weighted by Gasteiger charge is -2.19. The average molecular weight is 418 g/mol. The summed E-state index contributed by atoms with van der Waals surface area (Å²) in [7, 11) is 3.07. The Labute approximate surface area is 175 Å². The summed E-state index contributed by atoms with van der Waals surface area (Å²) >= 11 is 1.47. The Morgan fingerprint density at radius 3 is 2.38 bits per heavy atom. The molecule has 1 unspecified atom stereocenters. The van der Waals surface area contributed by atoms with Gasteiger partial charge in [-0.3, -0.25) is 4.79 Å². The molecule has 0 aliphatic heterocycles. The van der Waals surface area contributed by atoms with Gasteiger partial charge in [-0.2, -0.15) is 0 Å². The highest BCUT2D eigenvalue weighted by Gasteiger charge is 2.30. The first-order chi connectivity index (χ1) is 13.8. The van der Waals surface area contributed by atoms with Crippen molar-refractivity contribution in [2.24, 2.45) is 5.92 Å². The first kappa shape index (κ1) is 21.2. The molecule has 1 N–H and O–H groups in total. The lowest BCUT2D eigenvalue weighted by molar-refractivity contribution is 0.0378. The lowest BCUT2D eigenvalue weighted by Crippen LogP contribution is -2.18. The van der Waals surface area contributed by atoms with Crippen LogP contribution in [-0.4, -0.2) is 32.2 Å².